The van der Waals surface area contributed by atoms with E-state index < -0.39 is 0 Å². The molecule has 0 spiro atoms. The fraction of sp³-hybridized carbons (Fsp3) is 0.333. The number of carbonyl (C=O) groups excluding carboxylic acids is 2. The number of aromatic nitrogens is 1. The van der Waals surface area contributed by atoms with Crippen LogP contribution in [-0.2, 0) is 27.2 Å². The Bertz CT molecular complexity index is 1070. The van der Waals surface area contributed by atoms with Crippen molar-refractivity contribution in [1.82, 2.24) is 15.2 Å². The number of amides is 2. The highest BCUT2D eigenvalue weighted by atomic mass is 35.5. The molecular formula is C21H20ClN3O3S. The molecule has 1 saturated heterocycles. The number of ether oxygens (including phenoxy) is 1. The molecule has 3 heterocycles. The molecule has 1 aliphatic heterocycles. The molecule has 0 saturated carbocycles. The maximum absolute atomic E-state index is 12.8. The number of carbonyl (C=O) groups is 2. The average Bonchev–Trinajstić information content (AvgIpc) is 3.26. The molecule has 0 bridgehead atoms. The highest BCUT2D eigenvalue weighted by Crippen LogP contribution is 2.36. The van der Waals surface area contributed by atoms with Crippen molar-refractivity contribution in [2.45, 2.75) is 31.0 Å². The van der Waals surface area contributed by atoms with Crippen LogP contribution in [0, 0.1) is 0 Å². The lowest BCUT2D eigenvalue weighted by Crippen LogP contribution is -2.46. The van der Waals surface area contributed by atoms with Crippen LogP contribution in [0.3, 0.4) is 0 Å². The van der Waals surface area contributed by atoms with E-state index in [2.05, 4.69) is 16.4 Å². The lowest BCUT2D eigenvalue weighted by molar-refractivity contribution is -0.134. The molecule has 0 radical (unpaired) electrons. The van der Waals surface area contributed by atoms with Crippen LogP contribution >= 0.6 is 22.9 Å². The van der Waals surface area contributed by atoms with Crippen LogP contribution in [0.2, 0.25) is 4.34 Å². The molecule has 3 atom stereocenters. The third kappa shape index (κ3) is 3.54. The van der Waals surface area contributed by atoms with Crippen LogP contribution in [0.25, 0.3) is 10.2 Å². The van der Waals surface area contributed by atoms with Gasteiger partial charge in [0.25, 0.3) is 5.91 Å². The molecule has 3 aromatic rings. The van der Waals surface area contributed by atoms with Gasteiger partial charge in [-0.2, -0.15) is 0 Å². The van der Waals surface area contributed by atoms with E-state index in [1.165, 1.54) is 11.3 Å². The van der Waals surface area contributed by atoms with Gasteiger partial charge in [-0.15, -0.1) is 11.3 Å². The first kappa shape index (κ1) is 18.7. The van der Waals surface area contributed by atoms with Gasteiger partial charge in [0.1, 0.15) is 4.83 Å². The molecule has 2 N–H and O–H groups in total. The molecule has 1 aliphatic carbocycles. The maximum Gasteiger partial charge on any atom is 0.254 e. The summed E-state index contributed by atoms with van der Waals surface area (Å²) in [5, 5.41) is 4.17. The number of benzene rings is 1. The summed E-state index contributed by atoms with van der Waals surface area (Å²) < 4.78 is 5.90. The summed E-state index contributed by atoms with van der Waals surface area (Å²) in [6.07, 6.45) is 0.607. The molecule has 6 nitrogen and oxygen atoms in total. The van der Waals surface area contributed by atoms with E-state index in [-0.39, 0.29) is 36.4 Å². The smallest absolute Gasteiger partial charge is 0.254 e. The van der Waals surface area contributed by atoms with Crippen molar-refractivity contribution in [1.29, 1.82) is 0 Å². The van der Waals surface area contributed by atoms with Crippen LogP contribution in [0.4, 0.5) is 0 Å². The van der Waals surface area contributed by atoms with Gasteiger partial charge in [0.05, 0.1) is 29.4 Å². The zero-order valence-corrected chi connectivity index (χ0v) is 17.3. The largest absolute Gasteiger partial charge is 0.363 e. The number of nitrogens with zero attached hydrogens (tertiary/aromatic N) is 1. The van der Waals surface area contributed by atoms with E-state index in [0.29, 0.717) is 13.0 Å². The number of thiophene rings is 1. The number of likely N-dealkylation sites (N-methyl/N-ethyl adjacent to an activating group) is 1. The van der Waals surface area contributed by atoms with Gasteiger partial charge in [0, 0.05) is 18.1 Å². The van der Waals surface area contributed by atoms with Gasteiger partial charge < -0.3 is 19.9 Å². The molecule has 1 aromatic carbocycles. The Balaban J connectivity index is 1.33. The Morgan fingerprint density at radius 2 is 2.14 bits per heavy atom. The molecule has 150 valence electrons. The summed E-state index contributed by atoms with van der Waals surface area (Å²) in [7, 11) is 1.79. The third-order valence-corrected chi connectivity index (χ3v) is 6.80. The van der Waals surface area contributed by atoms with Crippen LogP contribution in [0.1, 0.15) is 22.9 Å². The highest BCUT2D eigenvalue weighted by molar-refractivity contribution is 7.22. The second-order valence-electron chi connectivity index (χ2n) is 7.60. The van der Waals surface area contributed by atoms with Crippen molar-refractivity contribution < 1.29 is 14.3 Å². The molecule has 2 aromatic heterocycles. The van der Waals surface area contributed by atoms with Crippen molar-refractivity contribution in [2.24, 2.45) is 0 Å². The quantitative estimate of drug-likeness (QED) is 0.612. The van der Waals surface area contributed by atoms with Crippen LogP contribution in [-0.4, -0.2) is 47.5 Å². The predicted molar refractivity (Wildman–Crippen MR) is 112 cm³/mol. The second kappa shape index (κ2) is 7.16. The Labute approximate surface area is 176 Å². The van der Waals surface area contributed by atoms with Gasteiger partial charge >= 0.3 is 0 Å². The van der Waals surface area contributed by atoms with E-state index in [1.54, 1.807) is 11.9 Å². The summed E-state index contributed by atoms with van der Waals surface area (Å²) in [5.41, 5.74) is 3.10. The molecular weight excluding hydrogens is 410 g/mol. The van der Waals surface area contributed by atoms with Crippen molar-refractivity contribution in [3.05, 3.63) is 57.6 Å². The van der Waals surface area contributed by atoms with Gasteiger partial charge in [0.2, 0.25) is 5.91 Å². The Morgan fingerprint density at radius 1 is 1.34 bits per heavy atom. The van der Waals surface area contributed by atoms with Crippen molar-refractivity contribution in [3.63, 3.8) is 0 Å². The topological polar surface area (TPSA) is 77.7 Å². The normalized spacial score (nSPS) is 22.5. The minimum Gasteiger partial charge on any atom is -0.363 e. The lowest BCUT2D eigenvalue weighted by atomic mass is 10.0. The number of hydrogen-bond acceptors (Lipinski definition) is 4. The van der Waals surface area contributed by atoms with Crippen molar-refractivity contribution in [3.8, 4) is 0 Å². The molecule has 2 aliphatic rings. The maximum atomic E-state index is 12.8. The minimum atomic E-state index is -0.345. The molecule has 2 amide bonds. The number of H-pyrrole nitrogens is 1. The number of aromatic amines is 1. The first-order valence-electron chi connectivity index (χ1n) is 9.52. The Kier molecular flexibility index (Phi) is 4.61. The lowest BCUT2D eigenvalue weighted by Gasteiger charge is -2.30. The van der Waals surface area contributed by atoms with Crippen LogP contribution in [0.15, 0.2) is 36.4 Å². The SMILES string of the molecule is CN(C(=O)[C@@H]1CO1)[C@@H]1c2ccccc2C[C@H]1NC(=O)Cc1cc2cc(Cl)sc2[nH]1. The number of rotatable bonds is 5. The molecule has 8 heteroatoms. The Hall–Kier alpha value is -2.35. The minimum absolute atomic E-state index is 0.0348. The number of halogens is 1. The van der Waals surface area contributed by atoms with Gasteiger partial charge in [-0.1, -0.05) is 35.9 Å². The zero-order valence-electron chi connectivity index (χ0n) is 15.8. The summed E-state index contributed by atoms with van der Waals surface area (Å²) in [6, 6.07) is 11.5. The van der Waals surface area contributed by atoms with E-state index in [4.69, 9.17) is 16.3 Å². The predicted octanol–water partition coefficient (Wildman–Crippen LogP) is 3.06. The van der Waals surface area contributed by atoms with E-state index >= 15 is 0 Å². The molecule has 5 rings (SSSR count). The number of nitrogens with one attached hydrogen (secondary N) is 2. The summed E-state index contributed by atoms with van der Waals surface area (Å²) in [5.74, 6) is -0.108. The van der Waals surface area contributed by atoms with Gasteiger partial charge in [0.15, 0.2) is 6.10 Å². The van der Waals surface area contributed by atoms with Gasteiger partial charge in [-0.25, -0.2) is 0 Å². The van der Waals surface area contributed by atoms with E-state index in [1.807, 2.05) is 30.3 Å². The van der Waals surface area contributed by atoms with Crippen LogP contribution in [0.5, 0.6) is 0 Å². The monoisotopic (exact) mass is 429 g/mol. The van der Waals surface area contributed by atoms with Crippen molar-refractivity contribution in [2.75, 3.05) is 13.7 Å². The molecule has 0 unspecified atom stereocenters. The van der Waals surface area contributed by atoms with Gasteiger partial charge in [-0.3, -0.25) is 9.59 Å². The average molecular weight is 430 g/mol. The standard InChI is InChI=1S/C21H20ClN3O3S/c1-25(21(27)16-10-28-16)19-14-5-3-2-4-11(14)7-15(19)24-18(26)9-13-6-12-8-17(22)29-20(12)23-13/h2-6,8,15-16,19,23H,7,9-10H2,1H3,(H,24,26)/t15-,16+,19-/m1/s1. The molecule has 29 heavy (non-hydrogen) atoms. The third-order valence-electron chi connectivity index (χ3n) is 5.60. The van der Waals surface area contributed by atoms with E-state index in [9.17, 15) is 9.59 Å². The fourth-order valence-corrected chi connectivity index (χ4v) is 5.36. The number of epoxide rings is 1. The number of hydrogen-bond donors (Lipinski definition) is 2. The number of fused-ring (bicyclic) bond motifs is 2. The summed E-state index contributed by atoms with van der Waals surface area (Å²) in [4.78, 5) is 31.3. The second-order valence-corrected chi connectivity index (χ2v) is 9.28. The zero-order chi connectivity index (χ0) is 20.1. The highest BCUT2D eigenvalue weighted by Gasteiger charge is 2.42. The fourth-order valence-electron chi connectivity index (χ4n) is 4.21. The van der Waals surface area contributed by atoms with Crippen molar-refractivity contribution >= 4 is 45.0 Å². The first-order chi connectivity index (χ1) is 14.0. The summed E-state index contributed by atoms with van der Waals surface area (Å²) >= 11 is 7.48. The summed E-state index contributed by atoms with van der Waals surface area (Å²) in [6.45, 7) is 0.475. The Morgan fingerprint density at radius 3 is 2.90 bits per heavy atom. The van der Waals surface area contributed by atoms with E-state index in [0.717, 1.165) is 31.4 Å². The van der Waals surface area contributed by atoms with Crippen LogP contribution < -0.4 is 5.32 Å². The first-order valence-corrected chi connectivity index (χ1v) is 10.7. The molecule has 1 fully saturated rings. The van der Waals surface area contributed by atoms with Gasteiger partial charge in [-0.05, 0) is 29.7 Å².